The molecule has 2 aliphatic rings. The minimum absolute atomic E-state index is 0.225. The Morgan fingerprint density at radius 2 is 1.52 bits per heavy atom. The standard InChI is InChI=1S/C52H59N7O6S/c1-5-63-52(60)51-44(22-13-34-64-48-23-11-18-39-17-9-10-19-42(39)48)43-20-12-21-45-49-46(37-65-41-26-24-40(25-27-41)57-30-32-58(33-31-57)66(61,62)54(2)3)53-55(4)47(49)36-56(28-14-29-59(51)50(43)45)35-38-15-7-6-8-16-38/h6-12,15-21,23-27H,5,13-14,22,28-37H2,1-4H3. The fraction of sp³-hybridized carbons (Fsp3) is 0.346. The molecular formula is C52H59N7O6S. The number of hydrogen-bond acceptors (Lipinski definition) is 9. The summed E-state index contributed by atoms with van der Waals surface area (Å²) in [5.74, 6) is 1.24. The largest absolute Gasteiger partial charge is 0.493 e. The van der Waals surface area contributed by atoms with Gasteiger partial charge < -0.3 is 23.7 Å². The molecule has 4 heterocycles. The topological polar surface area (TPSA) is 115 Å². The van der Waals surface area contributed by atoms with Gasteiger partial charge in [0.1, 0.15) is 29.5 Å². The number of hydrogen-bond donors (Lipinski definition) is 0. The molecule has 0 N–H and O–H groups in total. The fourth-order valence-corrected chi connectivity index (χ4v) is 10.7. The Kier molecular flexibility index (Phi) is 13.4. The summed E-state index contributed by atoms with van der Waals surface area (Å²) in [6.07, 6.45) is 2.15. The molecule has 0 saturated carbocycles. The highest BCUT2D eigenvalue weighted by atomic mass is 32.2. The molecule has 0 unspecified atom stereocenters. The molecule has 13 nitrogen and oxygen atoms in total. The van der Waals surface area contributed by atoms with E-state index in [2.05, 4.69) is 75.0 Å². The van der Waals surface area contributed by atoms with Crippen LogP contribution in [0.2, 0.25) is 0 Å². The van der Waals surface area contributed by atoms with Gasteiger partial charge in [-0.05, 0) is 73.0 Å². The third kappa shape index (κ3) is 9.28. The summed E-state index contributed by atoms with van der Waals surface area (Å²) in [6, 6.07) is 39.3. The molecule has 7 aromatic rings. The first-order valence-corrected chi connectivity index (χ1v) is 24.4. The second-order valence-corrected chi connectivity index (χ2v) is 19.4. The highest BCUT2D eigenvalue weighted by molar-refractivity contribution is 7.86. The number of fused-ring (bicyclic) bond motifs is 3. The number of carbonyl (C=O) groups excluding carboxylic acids is 1. The number of ether oxygens (including phenoxy) is 3. The first-order chi connectivity index (χ1) is 32.1. The average Bonchev–Trinajstić information content (AvgIpc) is 3.82. The van der Waals surface area contributed by atoms with Crippen molar-refractivity contribution in [2.24, 2.45) is 7.05 Å². The number of carbonyl (C=O) groups is 1. The lowest BCUT2D eigenvalue weighted by atomic mass is 9.97. The Hall–Kier alpha value is -6.19. The number of esters is 1. The van der Waals surface area contributed by atoms with E-state index in [0.717, 1.165) is 80.7 Å². The zero-order valence-corrected chi connectivity index (χ0v) is 39.2. The molecule has 0 atom stereocenters. The van der Waals surface area contributed by atoms with Gasteiger partial charge in [-0.15, -0.1) is 0 Å². The summed E-state index contributed by atoms with van der Waals surface area (Å²) in [6.45, 7) is 7.76. The van der Waals surface area contributed by atoms with Crippen molar-refractivity contribution in [1.29, 1.82) is 0 Å². The first kappa shape index (κ1) is 45.0. The quantitative estimate of drug-likeness (QED) is 0.0741. The van der Waals surface area contributed by atoms with Crippen LogP contribution in [0.4, 0.5) is 5.69 Å². The van der Waals surface area contributed by atoms with Crippen molar-refractivity contribution in [3.63, 3.8) is 0 Å². The lowest BCUT2D eigenvalue weighted by Gasteiger charge is -2.36. The van der Waals surface area contributed by atoms with E-state index in [0.29, 0.717) is 70.2 Å². The maximum absolute atomic E-state index is 14.2. The van der Waals surface area contributed by atoms with Crippen molar-refractivity contribution in [2.75, 3.05) is 64.9 Å². The van der Waals surface area contributed by atoms with Crippen LogP contribution in [-0.2, 0) is 54.7 Å². The summed E-state index contributed by atoms with van der Waals surface area (Å²) in [5, 5.41) is 8.41. The molecule has 5 aromatic carbocycles. The average molecular weight is 910 g/mol. The number of aryl methyl sites for hydroxylation is 3. The molecule has 14 heteroatoms. The van der Waals surface area contributed by atoms with Crippen molar-refractivity contribution in [3.8, 4) is 22.6 Å². The molecule has 2 aromatic heterocycles. The molecular weight excluding hydrogens is 851 g/mol. The summed E-state index contributed by atoms with van der Waals surface area (Å²) >= 11 is 0. The highest BCUT2D eigenvalue weighted by Gasteiger charge is 2.31. The molecule has 0 amide bonds. The Morgan fingerprint density at radius 3 is 2.29 bits per heavy atom. The van der Waals surface area contributed by atoms with Gasteiger partial charge in [-0.1, -0.05) is 84.9 Å². The van der Waals surface area contributed by atoms with Crippen molar-refractivity contribution in [2.45, 2.75) is 52.4 Å². The number of anilines is 1. The number of para-hydroxylation sites is 1. The van der Waals surface area contributed by atoms with Gasteiger partial charge in [0.15, 0.2) is 0 Å². The molecule has 9 rings (SSSR count). The summed E-state index contributed by atoms with van der Waals surface area (Å²) in [4.78, 5) is 18.9. The van der Waals surface area contributed by atoms with Crippen LogP contribution in [0.25, 0.3) is 32.8 Å². The zero-order valence-electron chi connectivity index (χ0n) is 38.4. The normalized spacial score (nSPS) is 15.0. The lowest BCUT2D eigenvalue weighted by molar-refractivity contribution is 0.0512. The smallest absolute Gasteiger partial charge is 0.355 e. The van der Waals surface area contributed by atoms with Gasteiger partial charge in [0.25, 0.3) is 10.2 Å². The molecule has 0 spiro atoms. The zero-order chi connectivity index (χ0) is 45.8. The van der Waals surface area contributed by atoms with E-state index in [4.69, 9.17) is 19.3 Å². The molecule has 2 aliphatic heterocycles. The third-order valence-electron chi connectivity index (χ3n) is 12.8. The Labute approximate surface area is 387 Å². The minimum Gasteiger partial charge on any atom is -0.493 e. The molecule has 0 bridgehead atoms. The highest BCUT2D eigenvalue weighted by Crippen LogP contribution is 2.40. The Morgan fingerprint density at radius 1 is 0.788 bits per heavy atom. The van der Waals surface area contributed by atoms with Crippen molar-refractivity contribution >= 4 is 43.5 Å². The Balaban J connectivity index is 1.04. The van der Waals surface area contributed by atoms with Crippen LogP contribution in [0.1, 0.15) is 52.8 Å². The van der Waals surface area contributed by atoms with Crippen LogP contribution in [0.3, 0.4) is 0 Å². The van der Waals surface area contributed by atoms with Crippen LogP contribution >= 0.6 is 0 Å². The van der Waals surface area contributed by atoms with Gasteiger partial charge >= 0.3 is 5.97 Å². The van der Waals surface area contributed by atoms with Gasteiger partial charge in [-0.25, -0.2) is 4.79 Å². The molecule has 1 saturated heterocycles. The lowest BCUT2D eigenvalue weighted by Crippen LogP contribution is -2.51. The van der Waals surface area contributed by atoms with E-state index in [1.165, 1.54) is 14.2 Å². The van der Waals surface area contributed by atoms with Crippen molar-refractivity contribution in [3.05, 3.63) is 143 Å². The SMILES string of the molecule is CCOC(=O)c1c(CCCOc2cccc3ccccc23)c2cccc3c2n1CCCN(Cc1ccccc1)Cc1c-3c(COc2ccc(N3CCN(S(=O)(=O)N(C)C)CC3)cc2)nn1C. The maximum Gasteiger partial charge on any atom is 0.355 e. The second-order valence-electron chi connectivity index (χ2n) is 17.2. The van der Waals surface area contributed by atoms with Gasteiger partial charge in [-0.3, -0.25) is 9.58 Å². The van der Waals surface area contributed by atoms with E-state index in [1.807, 2.05) is 73.3 Å². The number of rotatable bonds is 15. The van der Waals surface area contributed by atoms with Gasteiger partial charge in [0, 0.05) is 101 Å². The monoisotopic (exact) mass is 909 g/mol. The van der Waals surface area contributed by atoms with Crippen molar-refractivity contribution in [1.82, 2.24) is 27.9 Å². The van der Waals surface area contributed by atoms with Gasteiger partial charge in [-0.2, -0.15) is 22.1 Å². The van der Waals surface area contributed by atoms with Crippen LogP contribution in [0.15, 0.2) is 115 Å². The van der Waals surface area contributed by atoms with E-state index in [-0.39, 0.29) is 19.2 Å². The fourth-order valence-electron chi connectivity index (χ4n) is 9.59. The predicted octanol–water partition coefficient (Wildman–Crippen LogP) is 8.30. The first-order valence-electron chi connectivity index (χ1n) is 23.0. The Bertz CT molecular complexity index is 2920. The molecule has 0 radical (unpaired) electrons. The number of nitrogens with zero attached hydrogens (tertiary/aromatic N) is 7. The maximum atomic E-state index is 14.2. The summed E-state index contributed by atoms with van der Waals surface area (Å²) in [5.41, 5.74) is 8.70. The van der Waals surface area contributed by atoms with E-state index < -0.39 is 10.2 Å². The number of piperazine rings is 1. The third-order valence-corrected chi connectivity index (χ3v) is 14.8. The van der Waals surface area contributed by atoms with E-state index >= 15 is 0 Å². The van der Waals surface area contributed by atoms with Crippen LogP contribution in [0.5, 0.6) is 11.5 Å². The van der Waals surface area contributed by atoms with Gasteiger partial charge in [0.2, 0.25) is 0 Å². The predicted molar refractivity (Wildman–Crippen MR) is 260 cm³/mol. The van der Waals surface area contributed by atoms with Crippen LogP contribution < -0.4 is 14.4 Å². The number of aromatic nitrogens is 3. The van der Waals surface area contributed by atoms with Crippen LogP contribution in [-0.4, -0.2) is 102 Å². The minimum atomic E-state index is -3.45. The molecule has 344 valence electrons. The molecule has 1 fully saturated rings. The van der Waals surface area contributed by atoms with Crippen molar-refractivity contribution < 1.29 is 27.4 Å². The van der Waals surface area contributed by atoms with E-state index in [1.54, 1.807) is 14.1 Å². The van der Waals surface area contributed by atoms with Crippen LogP contribution in [0, 0.1) is 0 Å². The molecule has 0 aliphatic carbocycles. The molecule has 66 heavy (non-hydrogen) atoms. The van der Waals surface area contributed by atoms with E-state index in [9.17, 15) is 13.2 Å². The number of benzene rings is 5. The second kappa shape index (κ2) is 19.7. The summed E-state index contributed by atoms with van der Waals surface area (Å²) in [7, 11) is 1.69. The van der Waals surface area contributed by atoms with Gasteiger partial charge in [0.05, 0.1) is 24.4 Å². The summed E-state index contributed by atoms with van der Waals surface area (Å²) < 4.78 is 51.2.